The van der Waals surface area contributed by atoms with Crippen molar-refractivity contribution in [3.8, 4) is 0 Å². The van der Waals surface area contributed by atoms with E-state index in [1.54, 1.807) is 0 Å². The summed E-state index contributed by atoms with van der Waals surface area (Å²) in [5.41, 5.74) is 5.34. The Kier molecular flexibility index (Phi) is 3.96. The molecule has 0 saturated heterocycles. The topological polar surface area (TPSA) is 60.2 Å². The average Bonchev–Trinajstić information content (AvgIpc) is 2.37. The minimum atomic E-state index is -3.92. The number of rotatable bonds is 3. The molecule has 7 heteroatoms. The summed E-state index contributed by atoms with van der Waals surface area (Å²) >= 11 is 5.73. The van der Waals surface area contributed by atoms with Gasteiger partial charge in [-0.25, -0.2) is 17.2 Å². The van der Waals surface area contributed by atoms with E-state index in [4.69, 9.17) is 17.3 Å². The van der Waals surface area contributed by atoms with Gasteiger partial charge in [-0.3, -0.25) is 0 Å². The van der Waals surface area contributed by atoms with Gasteiger partial charge in [0.15, 0.2) is 21.5 Å². The van der Waals surface area contributed by atoms with Gasteiger partial charge in [0, 0.05) is 10.6 Å². The first-order chi connectivity index (χ1) is 9.31. The molecule has 3 nitrogen and oxygen atoms in total. The largest absolute Gasteiger partial charge is 0.398 e. The third-order valence-corrected chi connectivity index (χ3v) is 4.64. The molecule has 0 aromatic heterocycles. The van der Waals surface area contributed by atoms with Gasteiger partial charge in [-0.15, -0.1) is 0 Å². The van der Waals surface area contributed by atoms with Crippen molar-refractivity contribution in [2.75, 3.05) is 5.73 Å². The van der Waals surface area contributed by atoms with Crippen LogP contribution in [0.3, 0.4) is 0 Å². The third kappa shape index (κ3) is 2.91. The molecule has 2 aromatic rings. The van der Waals surface area contributed by atoms with Crippen LogP contribution in [-0.4, -0.2) is 8.42 Å². The molecule has 2 rings (SSSR count). The molecular weight excluding hydrogens is 308 g/mol. The van der Waals surface area contributed by atoms with Crippen molar-refractivity contribution in [1.82, 2.24) is 0 Å². The third-order valence-electron chi connectivity index (χ3n) is 2.69. The highest BCUT2D eigenvalue weighted by Gasteiger charge is 2.21. The van der Waals surface area contributed by atoms with Gasteiger partial charge in [-0.1, -0.05) is 23.7 Å². The van der Waals surface area contributed by atoms with E-state index in [1.807, 2.05) is 0 Å². The lowest BCUT2D eigenvalue weighted by molar-refractivity contribution is 0.501. The van der Waals surface area contributed by atoms with Gasteiger partial charge in [-0.2, -0.15) is 0 Å². The molecule has 0 spiro atoms. The number of nitrogens with two attached hydrogens (primary N) is 1. The summed E-state index contributed by atoms with van der Waals surface area (Å²) in [6.45, 7) is 0. The van der Waals surface area contributed by atoms with E-state index < -0.39 is 27.2 Å². The van der Waals surface area contributed by atoms with E-state index in [9.17, 15) is 17.2 Å². The minimum absolute atomic E-state index is 0.00575. The second-order valence-electron chi connectivity index (χ2n) is 4.15. The van der Waals surface area contributed by atoms with Crippen LogP contribution in [-0.2, 0) is 15.6 Å². The minimum Gasteiger partial charge on any atom is -0.398 e. The predicted molar refractivity (Wildman–Crippen MR) is 73.1 cm³/mol. The number of hydrogen-bond acceptors (Lipinski definition) is 3. The summed E-state index contributed by atoms with van der Waals surface area (Å²) in [4.78, 5) is -0.200. The van der Waals surface area contributed by atoms with E-state index in [0.717, 1.165) is 6.07 Å². The highest BCUT2D eigenvalue weighted by Crippen LogP contribution is 2.26. The van der Waals surface area contributed by atoms with E-state index in [0.29, 0.717) is 0 Å². The van der Waals surface area contributed by atoms with Crippen molar-refractivity contribution >= 4 is 27.1 Å². The van der Waals surface area contributed by atoms with Crippen LogP contribution in [0.5, 0.6) is 0 Å². The lowest BCUT2D eigenvalue weighted by Gasteiger charge is -2.09. The summed E-state index contributed by atoms with van der Waals surface area (Å²) in [5.74, 6) is -2.98. The zero-order valence-corrected chi connectivity index (χ0v) is 11.7. The zero-order valence-electron chi connectivity index (χ0n) is 10.1. The van der Waals surface area contributed by atoms with E-state index in [1.165, 1.54) is 30.3 Å². The Labute approximate surface area is 119 Å². The fourth-order valence-electron chi connectivity index (χ4n) is 1.72. The van der Waals surface area contributed by atoms with E-state index in [2.05, 4.69) is 0 Å². The highest BCUT2D eigenvalue weighted by molar-refractivity contribution is 7.90. The first kappa shape index (κ1) is 14.7. The van der Waals surface area contributed by atoms with Crippen LogP contribution in [0, 0.1) is 11.6 Å². The maximum absolute atomic E-state index is 13.5. The summed E-state index contributed by atoms with van der Waals surface area (Å²) < 4.78 is 51.0. The molecule has 0 heterocycles. The molecule has 0 bridgehead atoms. The van der Waals surface area contributed by atoms with E-state index in [-0.39, 0.29) is 21.2 Å². The normalized spacial score (nSPS) is 11.6. The molecule has 0 radical (unpaired) electrons. The Morgan fingerprint density at radius 1 is 1.15 bits per heavy atom. The second kappa shape index (κ2) is 5.38. The first-order valence-corrected chi connectivity index (χ1v) is 7.55. The fraction of sp³-hybridized carbons (Fsp3) is 0.0769. The fourth-order valence-corrected chi connectivity index (χ4v) is 3.48. The van der Waals surface area contributed by atoms with Gasteiger partial charge >= 0.3 is 0 Å². The van der Waals surface area contributed by atoms with Crippen LogP contribution in [0.15, 0.2) is 41.3 Å². The van der Waals surface area contributed by atoms with Gasteiger partial charge in [0.1, 0.15) is 0 Å². The molecule has 2 N–H and O–H groups in total. The number of hydrogen-bond donors (Lipinski definition) is 1. The number of nitrogen functional groups attached to an aromatic ring is 1. The molecule has 106 valence electrons. The molecule has 20 heavy (non-hydrogen) atoms. The maximum atomic E-state index is 13.5. The number of benzene rings is 2. The standard InChI is InChI=1S/C13H10ClF2NO2S/c14-9-4-5-11(17)12(6-9)20(18,19)7-8-2-1-3-10(15)13(8)16/h1-6H,7,17H2. The van der Waals surface area contributed by atoms with Gasteiger partial charge < -0.3 is 5.73 Å². The summed E-state index contributed by atoms with van der Waals surface area (Å²) in [6.07, 6.45) is 0. The average molecular weight is 318 g/mol. The molecule has 0 atom stereocenters. The van der Waals surface area contributed by atoms with Crippen molar-refractivity contribution in [2.24, 2.45) is 0 Å². The zero-order chi connectivity index (χ0) is 14.9. The van der Waals surface area contributed by atoms with Gasteiger partial charge in [0.05, 0.1) is 16.3 Å². The van der Waals surface area contributed by atoms with Crippen molar-refractivity contribution in [3.63, 3.8) is 0 Å². The lowest BCUT2D eigenvalue weighted by atomic mass is 10.2. The number of anilines is 1. The summed E-state index contributed by atoms with van der Waals surface area (Å²) in [6, 6.07) is 7.33. The van der Waals surface area contributed by atoms with Crippen LogP contribution < -0.4 is 5.73 Å². The monoisotopic (exact) mass is 317 g/mol. The lowest BCUT2D eigenvalue weighted by Crippen LogP contribution is -2.09. The van der Waals surface area contributed by atoms with Crippen molar-refractivity contribution < 1.29 is 17.2 Å². The Morgan fingerprint density at radius 3 is 2.55 bits per heavy atom. The summed E-state index contributed by atoms with van der Waals surface area (Å²) in [7, 11) is -3.92. The SMILES string of the molecule is Nc1ccc(Cl)cc1S(=O)(=O)Cc1cccc(F)c1F. The Morgan fingerprint density at radius 2 is 1.85 bits per heavy atom. The van der Waals surface area contributed by atoms with Crippen molar-refractivity contribution in [3.05, 3.63) is 58.6 Å². The van der Waals surface area contributed by atoms with E-state index >= 15 is 0 Å². The maximum Gasteiger partial charge on any atom is 0.184 e. The number of sulfone groups is 1. The van der Waals surface area contributed by atoms with Crippen molar-refractivity contribution in [2.45, 2.75) is 10.6 Å². The molecule has 2 aromatic carbocycles. The Balaban J connectivity index is 2.46. The van der Waals surface area contributed by atoms with Crippen LogP contribution in [0.2, 0.25) is 5.02 Å². The van der Waals surface area contributed by atoms with Gasteiger partial charge in [0.25, 0.3) is 0 Å². The molecule has 0 aliphatic heterocycles. The molecule has 0 saturated carbocycles. The smallest absolute Gasteiger partial charge is 0.184 e. The quantitative estimate of drug-likeness (QED) is 0.884. The molecule has 0 unspecified atom stereocenters. The number of halogens is 3. The molecule has 0 aliphatic rings. The van der Waals surface area contributed by atoms with Gasteiger partial charge in [-0.05, 0) is 24.3 Å². The summed E-state index contributed by atoms with van der Waals surface area (Å²) in [5, 5.41) is 0.192. The van der Waals surface area contributed by atoms with Crippen LogP contribution in [0.1, 0.15) is 5.56 Å². The second-order valence-corrected chi connectivity index (χ2v) is 6.55. The van der Waals surface area contributed by atoms with Crippen molar-refractivity contribution in [1.29, 1.82) is 0 Å². The molecule has 0 fully saturated rings. The molecular formula is C13H10ClF2NO2S. The first-order valence-electron chi connectivity index (χ1n) is 5.52. The van der Waals surface area contributed by atoms with Crippen LogP contribution >= 0.6 is 11.6 Å². The van der Waals surface area contributed by atoms with Gasteiger partial charge in [0.2, 0.25) is 0 Å². The van der Waals surface area contributed by atoms with Crippen LogP contribution in [0.4, 0.5) is 14.5 Å². The predicted octanol–water partition coefficient (Wildman–Crippen LogP) is 3.17. The molecule has 0 amide bonds. The molecule has 0 aliphatic carbocycles. The highest BCUT2D eigenvalue weighted by atomic mass is 35.5. The Hall–Kier alpha value is -1.66. The Bertz CT molecular complexity index is 763. The van der Waals surface area contributed by atoms with Crippen LogP contribution in [0.25, 0.3) is 0 Å².